The molecule has 0 atom stereocenters. The fourth-order valence-corrected chi connectivity index (χ4v) is 0. The van der Waals surface area contributed by atoms with E-state index in [0.717, 1.165) is 0 Å². The SMILES string of the molecule is [B]=NP(C)C. The number of nitrogens with zero attached hydrogens (tertiary/aromatic N) is 1. The van der Waals surface area contributed by atoms with Crippen LogP contribution in [0.25, 0.3) is 0 Å². The summed E-state index contributed by atoms with van der Waals surface area (Å²) in [5, 5.41) is 0. The van der Waals surface area contributed by atoms with Gasteiger partial charge in [-0.3, -0.25) is 0 Å². The first kappa shape index (κ1) is 5.29. The summed E-state index contributed by atoms with van der Waals surface area (Å²) in [6.07, 6.45) is 0. The van der Waals surface area contributed by atoms with E-state index in [9.17, 15) is 0 Å². The molecule has 0 bridgehead atoms. The third kappa shape index (κ3) is 4.29. The van der Waals surface area contributed by atoms with Gasteiger partial charge < -0.3 is 0 Å². The summed E-state index contributed by atoms with van der Waals surface area (Å²) in [6, 6.07) is 0. The molecule has 0 aliphatic rings. The van der Waals surface area contributed by atoms with E-state index in [2.05, 4.69) is 4.67 Å². The van der Waals surface area contributed by atoms with E-state index in [1.54, 1.807) is 0 Å². The molecule has 0 heterocycles. The average Bonchev–Trinajstić information content (AvgIpc) is 1.38. The van der Waals surface area contributed by atoms with Crippen LogP contribution in [0, 0.1) is 0 Å². The molecule has 0 unspecified atom stereocenters. The minimum atomic E-state index is -0.195. The van der Waals surface area contributed by atoms with Crippen molar-refractivity contribution in [1.29, 1.82) is 0 Å². The summed E-state index contributed by atoms with van der Waals surface area (Å²) in [5.41, 5.74) is 0. The minimum absolute atomic E-state index is 0.195. The van der Waals surface area contributed by atoms with E-state index in [1.165, 1.54) is 0 Å². The number of rotatable bonds is 1. The monoisotopic (exact) mass is 86.0 g/mol. The van der Waals surface area contributed by atoms with E-state index in [4.69, 9.17) is 7.64 Å². The van der Waals surface area contributed by atoms with Crippen molar-refractivity contribution in [1.82, 2.24) is 0 Å². The van der Waals surface area contributed by atoms with Crippen LogP contribution in [0.2, 0.25) is 0 Å². The second kappa shape index (κ2) is 2.53. The molecule has 0 fully saturated rings. The van der Waals surface area contributed by atoms with Gasteiger partial charge in [-0.15, -0.1) is 0 Å². The fraction of sp³-hybridized carbons (Fsp3) is 1.00. The molecule has 0 rings (SSSR count). The maximum absolute atomic E-state index is 4.83. The van der Waals surface area contributed by atoms with Crippen LogP contribution in [-0.2, 0) is 0 Å². The van der Waals surface area contributed by atoms with Gasteiger partial charge >= 0.3 is 33.7 Å². The molecule has 0 aliphatic carbocycles. The van der Waals surface area contributed by atoms with E-state index >= 15 is 0 Å². The molecule has 5 heavy (non-hydrogen) atoms. The molecule has 0 saturated carbocycles. The summed E-state index contributed by atoms with van der Waals surface area (Å²) in [7, 11) is 4.63. The predicted molar refractivity (Wildman–Crippen MR) is 26.9 cm³/mol. The van der Waals surface area contributed by atoms with Gasteiger partial charge in [0, 0.05) is 0 Å². The molecule has 0 aromatic carbocycles. The van der Waals surface area contributed by atoms with Crippen molar-refractivity contribution in [2.45, 2.75) is 0 Å². The number of hydrogen-bond donors (Lipinski definition) is 0. The summed E-state index contributed by atoms with van der Waals surface area (Å²) in [4.78, 5) is 0. The summed E-state index contributed by atoms with van der Waals surface area (Å²) >= 11 is 0. The molecular weight excluding hydrogens is 79.8 g/mol. The zero-order valence-electron chi connectivity index (χ0n) is 3.47. The molecule has 27 valence electrons. The van der Waals surface area contributed by atoms with Crippen molar-refractivity contribution in [3.05, 3.63) is 0 Å². The molecule has 0 amide bonds. The molecular formula is C2H6BNP. The van der Waals surface area contributed by atoms with Crippen molar-refractivity contribution in [2.75, 3.05) is 13.3 Å². The van der Waals surface area contributed by atoms with Crippen molar-refractivity contribution in [2.24, 2.45) is 4.67 Å². The average molecular weight is 85.9 g/mol. The molecule has 0 aliphatic heterocycles. The fourth-order valence-electron chi connectivity index (χ4n) is 0. The Labute approximate surface area is 34.7 Å². The standard InChI is InChI=1S/C2H6BNP/c1-5(2)4-3/h1-2H3. The van der Waals surface area contributed by atoms with Gasteiger partial charge in [-0.1, -0.05) is 0 Å². The first-order chi connectivity index (χ1) is 2.27. The van der Waals surface area contributed by atoms with Crippen molar-refractivity contribution in [3.8, 4) is 0 Å². The molecule has 0 aromatic heterocycles. The topological polar surface area (TPSA) is 12.4 Å². The van der Waals surface area contributed by atoms with Crippen LogP contribution in [0.15, 0.2) is 4.67 Å². The normalized spacial score (nSPS) is 8.40. The Bertz CT molecular complexity index is 36.6. The molecule has 3 heteroatoms. The van der Waals surface area contributed by atoms with Crippen LogP contribution in [-0.4, -0.2) is 21.0 Å². The van der Waals surface area contributed by atoms with Gasteiger partial charge in [0.05, 0.1) is 0 Å². The molecule has 0 spiro atoms. The molecule has 0 N–H and O–H groups in total. The van der Waals surface area contributed by atoms with Crippen LogP contribution < -0.4 is 0 Å². The van der Waals surface area contributed by atoms with Crippen molar-refractivity contribution >= 4 is 15.7 Å². The maximum atomic E-state index is 4.83. The van der Waals surface area contributed by atoms with Crippen LogP contribution in [0.4, 0.5) is 0 Å². The molecule has 0 saturated heterocycles. The van der Waals surface area contributed by atoms with Gasteiger partial charge in [-0.2, -0.15) is 0 Å². The van der Waals surface area contributed by atoms with Gasteiger partial charge in [0.25, 0.3) is 0 Å². The van der Waals surface area contributed by atoms with Gasteiger partial charge in [0.1, 0.15) is 0 Å². The Morgan fingerprint density at radius 2 is 1.80 bits per heavy atom. The van der Waals surface area contributed by atoms with E-state index in [0.29, 0.717) is 0 Å². The Kier molecular flexibility index (Phi) is 2.68. The summed E-state index contributed by atoms with van der Waals surface area (Å²) in [5.74, 6) is 0. The van der Waals surface area contributed by atoms with E-state index < -0.39 is 0 Å². The first-order valence-corrected chi connectivity index (χ1v) is 3.54. The third-order valence-electron chi connectivity index (χ3n) is 0.231. The van der Waals surface area contributed by atoms with E-state index in [1.807, 2.05) is 13.3 Å². The van der Waals surface area contributed by atoms with Crippen molar-refractivity contribution < 1.29 is 0 Å². The second-order valence-corrected chi connectivity index (χ2v) is 2.89. The van der Waals surface area contributed by atoms with Gasteiger partial charge in [-0.05, 0) is 0 Å². The van der Waals surface area contributed by atoms with Crippen LogP contribution in [0.5, 0.6) is 0 Å². The van der Waals surface area contributed by atoms with Gasteiger partial charge in [0.2, 0.25) is 0 Å². The quantitative estimate of drug-likeness (QED) is 0.333. The van der Waals surface area contributed by atoms with Crippen LogP contribution in [0.1, 0.15) is 0 Å². The van der Waals surface area contributed by atoms with Crippen LogP contribution >= 0.6 is 8.07 Å². The number of hydrogen-bond acceptors (Lipinski definition) is 1. The zero-order chi connectivity index (χ0) is 4.28. The van der Waals surface area contributed by atoms with Crippen molar-refractivity contribution in [3.63, 3.8) is 0 Å². The molecule has 1 radical (unpaired) electrons. The second-order valence-electron chi connectivity index (χ2n) is 0.963. The summed E-state index contributed by atoms with van der Waals surface area (Å²) < 4.78 is 3.45. The van der Waals surface area contributed by atoms with E-state index in [-0.39, 0.29) is 8.07 Å². The molecule has 1 nitrogen and oxygen atoms in total. The zero-order valence-corrected chi connectivity index (χ0v) is 4.37. The predicted octanol–water partition coefficient (Wildman–Crippen LogP) is 0.995. The summed E-state index contributed by atoms with van der Waals surface area (Å²) in [6.45, 7) is 3.99. The Morgan fingerprint density at radius 3 is 1.80 bits per heavy atom. The van der Waals surface area contributed by atoms with Gasteiger partial charge in [0.15, 0.2) is 0 Å². The third-order valence-corrected chi connectivity index (χ3v) is 0.693. The molecule has 0 aromatic rings. The Morgan fingerprint density at radius 1 is 1.60 bits per heavy atom. The Hall–Kier alpha value is 0.295. The van der Waals surface area contributed by atoms with Crippen LogP contribution in [0.3, 0.4) is 0 Å². The Balaban J connectivity index is 2.83. The first-order valence-electron chi connectivity index (χ1n) is 1.35. The van der Waals surface area contributed by atoms with Gasteiger partial charge in [-0.25, -0.2) is 0 Å².